The average molecular weight is 528 g/mol. The number of ether oxygens (including phenoxy) is 1. The molecular weight excluding hydrogens is 493 g/mol. The third-order valence-electron chi connectivity index (χ3n) is 7.74. The number of esters is 1. The number of aromatic nitrogens is 2. The molecule has 0 aliphatic carbocycles. The van der Waals surface area contributed by atoms with Crippen molar-refractivity contribution in [1.29, 1.82) is 0 Å². The summed E-state index contributed by atoms with van der Waals surface area (Å²) in [5, 5.41) is 0. The van der Waals surface area contributed by atoms with E-state index in [2.05, 4.69) is 17.0 Å². The summed E-state index contributed by atoms with van der Waals surface area (Å²) in [5.41, 5.74) is 3.22. The first-order chi connectivity index (χ1) is 19.0. The molecule has 0 radical (unpaired) electrons. The molecule has 2 atom stereocenters. The molecule has 0 amide bonds. The van der Waals surface area contributed by atoms with E-state index in [1.54, 1.807) is 39.7 Å². The van der Waals surface area contributed by atoms with Crippen molar-refractivity contribution in [2.24, 2.45) is 0 Å². The number of imidazole rings is 1. The largest absolute Gasteiger partial charge is 0.465 e. The molecule has 6 nitrogen and oxygen atoms in total. The molecular formula is C32H34FN3O3. The first-order valence-electron chi connectivity index (χ1n) is 13.6. The van der Waals surface area contributed by atoms with Crippen LogP contribution in [-0.4, -0.2) is 39.7 Å². The molecule has 1 fully saturated rings. The second-order valence-corrected chi connectivity index (χ2v) is 10.0. The first-order valence-corrected chi connectivity index (χ1v) is 13.6. The second-order valence-electron chi connectivity index (χ2n) is 10.0. The molecule has 39 heavy (non-hydrogen) atoms. The van der Waals surface area contributed by atoms with Crippen LogP contribution >= 0.6 is 0 Å². The Morgan fingerprint density at radius 1 is 0.949 bits per heavy atom. The van der Waals surface area contributed by atoms with Gasteiger partial charge in [0.05, 0.1) is 18.3 Å². The highest BCUT2D eigenvalue weighted by atomic mass is 19.1. The summed E-state index contributed by atoms with van der Waals surface area (Å²) < 4.78 is 22.8. The van der Waals surface area contributed by atoms with E-state index in [1.165, 1.54) is 11.6 Å². The van der Waals surface area contributed by atoms with E-state index in [4.69, 9.17) is 4.74 Å². The van der Waals surface area contributed by atoms with Gasteiger partial charge in [0.25, 0.3) is 0 Å². The smallest absolute Gasteiger partial charge is 0.333 e. The van der Waals surface area contributed by atoms with Crippen molar-refractivity contribution >= 4 is 5.97 Å². The van der Waals surface area contributed by atoms with Crippen LogP contribution in [-0.2, 0) is 9.53 Å². The second kappa shape index (κ2) is 11.8. The summed E-state index contributed by atoms with van der Waals surface area (Å²) >= 11 is 0. The maximum absolute atomic E-state index is 14.3. The van der Waals surface area contributed by atoms with Gasteiger partial charge in [-0.25, -0.2) is 14.0 Å². The van der Waals surface area contributed by atoms with Crippen molar-refractivity contribution in [3.63, 3.8) is 0 Å². The van der Waals surface area contributed by atoms with Gasteiger partial charge in [0.1, 0.15) is 11.9 Å². The van der Waals surface area contributed by atoms with Crippen LogP contribution in [0.3, 0.4) is 0 Å². The quantitative estimate of drug-likeness (QED) is 0.269. The number of hydrogen-bond acceptors (Lipinski definition) is 4. The van der Waals surface area contributed by atoms with E-state index in [9.17, 15) is 14.0 Å². The molecule has 1 unspecified atom stereocenters. The molecule has 0 N–H and O–H groups in total. The zero-order chi connectivity index (χ0) is 27.4. The Labute approximate surface area is 228 Å². The zero-order valence-corrected chi connectivity index (χ0v) is 22.4. The van der Waals surface area contributed by atoms with Crippen LogP contribution in [0.4, 0.5) is 4.39 Å². The maximum atomic E-state index is 14.3. The van der Waals surface area contributed by atoms with Gasteiger partial charge in [-0.1, -0.05) is 60.7 Å². The van der Waals surface area contributed by atoms with Gasteiger partial charge in [-0.15, -0.1) is 0 Å². The minimum Gasteiger partial charge on any atom is -0.465 e. The van der Waals surface area contributed by atoms with Crippen LogP contribution in [0.1, 0.15) is 61.4 Å². The summed E-state index contributed by atoms with van der Waals surface area (Å²) in [6.45, 7) is 5.61. The number of nitrogens with zero attached hydrogens (tertiary/aromatic N) is 3. The maximum Gasteiger partial charge on any atom is 0.333 e. The normalized spacial score (nSPS) is 16.1. The third-order valence-corrected chi connectivity index (χ3v) is 7.74. The van der Waals surface area contributed by atoms with Gasteiger partial charge in [0.15, 0.2) is 0 Å². The van der Waals surface area contributed by atoms with Crippen LogP contribution in [0.2, 0.25) is 0 Å². The molecule has 1 aliphatic rings. The molecule has 1 aliphatic heterocycles. The molecule has 202 valence electrons. The fourth-order valence-electron chi connectivity index (χ4n) is 5.60. The van der Waals surface area contributed by atoms with Gasteiger partial charge in [-0.2, -0.15) is 0 Å². The monoisotopic (exact) mass is 527 g/mol. The molecule has 4 aromatic rings. The van der Waals surface area contributed by atoms with Crippen LogP contribution in [0, 0.1) is 5.82 Å². The molecule has 3 aromatic carbocycles. The van der Waals surface area contributed by atoms with E-state index in [-0.39, 0.29) is 17.5 Å². The Balaban J connectivity index is 1.27. The lowest BCUT2D eigenvalue weighted by Crippen LogP contribution is -2.40. The van der Waals surface area contributed by atoms with Crippen molar-refractivity contribution in [3.8, 4) is 5.69 Å². The molecule has 0 spiro atoms. The van der Waals surface area contributed by atoms with E-state index >= 15 is 0 Å². The van der Waals surface area contributed by atoms with E-state index in [1.807, 2.05) is 56.3 Å². The van der Waals surface area contributed by atoms with Crippen molar-refractivity contribution in [2.45, 2.75) is 44.7 Å². The van der Waals surface area contributed by atoms with Gasteiger partial charge < -0.3 is 4.74 Å². The highest BCUT2D eigenvalue weighted by Crippen LogP contribution is 2.33. The lowest BCUT2D eigenvalue weighted by atomic mass is 9.88. The highest BCUT2D eigenvalue weighted by molar-refractivity contribution is 5.77. The number of benzene rings is 3. The molecule has 1 aromatic heterocycles. The Kier molecular flexibility index (Phi) is 8.07. The molecule has 1 saturated heterocycles. The van der Waals surface area contributed by atoms with Crippen LogP contribution in [0.25, 0.3) is 5.69 Å². The number of hydrogen-bond donors (Lipinski definition) is 0. The van der Waals surface area contributed by atoms with Gasteiger partial charge in [-0.05, 0) is 75.0 Å². The number of carbonyl (C=O) groups is 1. The topological polar surface area (TPSA) is 56.5 Å². The summed E-state index contributed by atoms with van der Waals surface area (Å²) in [4.78, 5) is 28.2. The predicted octanol–water partition coefficient (Wildman–Crippen LogP) is 5.87. The number of piperidine rings is 1. The molecule has 0 bridgehead atoms. The lowest BCUT2D eigenvalue weighted by Gasteiger charge is -2.36. The Bertz CT molecular complexity index is 1450. The van der Waals surface area contributed by atoms with Crippen molar-refractivity contribution in [1.82, 2.24) is 14.0 Å². The molecule has 7 heteroatoms. The Hall–Kier alpha value is -3.97. The van der Waals surface area contributed by atoms with Crippen molar-refractivity contribution < 1.29 is 13.9 Å². The minimum absolute atomic E-state index is 0.201. The van der Waals surface area contributed by atoms with E-state index in [0.29, 0.717) is 18.1 Å². The van der Waals surface area contributed by atoms with Gasteiger partial charge >= 0.3 is 11.7 Å². The van der Waals surface area contributed by atoms with Gasteiger partial charge in [0, 0.05) is 18.0 Å². The van der Waals surface area contributed by atoms with E-state index < -0.39 is 12.1 Å². The molecule has 0 saturated carbocycles. The number of halogens is 1. The fraction of sp³-hybridized carbons (Fsp3) is 0.312. The van der Waals surface area contributed by atoms with Crippen molar-refractivity contribution in [2.75, 3.05) is 19.7 Å². The summed E-state index contributed by atoms with van der Waals surface area (Å²) in [6.07, 6.45) is 5.29. The highest BCUT2D eigenvalue weighted by Gasteiger charge is 2.32. The average Bonchev–Trinajstić information content (AvgIpc) is 3.35. The summed E-state index contributed by atoms with van der Waals surface area (Å²) in [7, 11) is 0. The Morgan fingerprint density at radius 3 is 2.28 bits per heavy atom. The third kappa shape index (κ3) is 5.59. The fourth-order valence-corrected chi connectivity index (χ4v) is 5.60. The van der Waals surface area contributed by atoms with Crippen LogP contribution in [0.15, 0.2) is 96.1 Å². The van der Waals surface area contributed by atoms with E-state index in [0.717, 1.165) is 37.2 Å². The molecule has 2 heterocycles. The van der Waals surface area contributed by atoms with Gasteiger partial charge in [-0.3, -0.25) is 14.0 Å². The Morgan fingerprint density at radius 2 is 1.62 bits per heavy atom. The molecule has 5 rings (SSSR count). The standard InChI is InChI=1S/C32H34FN3O3/c1-3-39-31(37)30(26-9-5-4-6-10-26)34-19-17-25(18-20-34)24-13-15-27(16-14-24)36-22-21-35(32(36)38)23(2)28-11-7-8-12-29(28)33/h4-16,21-23,25,30H,3,17-20H2,1-2H3/t23-,30?/m0/s1. The first kappa shape index (κ1) is 26.6. The SMILES string of the molecule is CCOC(=O)C(c1ccccc1)N1CCC(c2ccc(-n3ccn([C@@H](C)c4ccccc4F)c3=O)cc2)CC1. The summed E-state index contributed by atoms with van der Waals surface area (Å²) in [5.74, 6) is -0.151. The van der Waals surface area contributed by atoms with Gasteiger partial charge in [0.2, 0.25) is 0 Å². The summed E-state index contributed by atoms with van der Waals surface area (Å²) in [6, 6.07) is 23.7. The van der Waals surface area contributed by atoms with Crippen LogP contribution in [0.5, 0.6) is 0 Å². The lowest BCUT2D eigenvalue weighted by molar-refractivity contribution is -0.150. The number of rotatable bonds is 8. The zero-order valence-electron chi connectivity index (χ0n) is 22.4. The predicted molar refractivity (Wildman–Crippen MR) is 150 cm³/mol. The minimum atomic E-state index is -0.418. The van der Waals surface area contributed by atoms with Crippen molar-refractivity contribution in [3.05, 3.63) is 124 Å². The number of carbonyl (C=O) groups excluding carboxylic acids is 1. The van der Waals surface area contributed by atoms with Crippen LogP contribution < -0.4 is 5.69 Å². The number of likely N-dealkylation sites (tertiary alicyclic amines) is 1.